The number of amides is 3. The minimum Gasteiger partial charge on any atom is -0.399 e. The number of benzene rings is 4. The maximum absolute atomic E-state index is 12.5. The summed E-state index contributed by atoms with van der Waals surface area (Å²) in [5.74, 6) is -0.875. The molecule has 4 aromatic rings. The van der Waals surface area contributed by atoms with Crippen LogP contribution in [-0.2, 0) is 4.79 Å². The van der Waals surface area contributed by atoms with Crippen LogP contribution in [0.25, 0.3) is 0 Å². The second-order valence-electron chi connectivity index (χ2n) is 10.6. The number of hydrogen-bond donors (Lipinski definition) is 9. The summed E-state index contributed by atoms with van der Waals surface area (Å²) >= 11 is 0. The predicted molar refractivity (Wildman–Crippen MR) is 210 cm³/mol. The van der Waals surface area contributed by atoms with E-state index < -0.39 is 11.9 Å². The molecule has 0 spiro atoms. The second kappa shape index (κ2) is 24.3. The van der Waals surface area contributed by atoms with Gasteiger partial charge in [-0.15, -0.1) is 0 Å². The summed E-state index contributed by atoms with van der Waals surface area (Å²) in [7, 11) is 3.76. The van der Waals surface area contributed by atoms with Crippen LogP contribution in [-0.4, -0.2) is 50.9 Å². The van der Waals surface area contributed by atoms with Gasteiger partial charge in [-0.05, 0) is 99.0 Å². The number of carbonyl (C=O) groups is 3. The van der Waals surface area contributed by atoms with E-state index in [-0.39, 0.29) is 11.8 Å². The van der Waals surface area contributed by atoms with E-state index in [1.807, 2.05) is 83.4 Å². The maximum atomic E-state index is 12.5. The standard InChI is InChI=1S/C22H29N5O3.2C7H10N2.C2H6/c1-2-25-22(30)19(27-21(29)16-10-4-6-12-18(16)24)13-7-8-14-26-20(28)15-9-3-5-11-17(15)23;2*1-9-7-4-2-6(8)3-5-7;1-2/h3-6,9-12,19H,2,7-8,13-14,23-24H2,1H3,(H,25,30)(H,26,28)(H,27,29);2*2-5,9H,8H2,1H3;1-2H3. The quantitative estimate of drug-likeness (QED) is 0.0694. The van der Waals surface area contributed by atoms with Gasteiger partial charge in [0.25, 0.3) is 11.8 Å². The van der Waals surface area contributed by atoms with Gasteiger partial charge in [0.15, 0.2) is 0 Å². The van der Waals surface area contributed by atoms with Crippen molar-refractivity contribution in [1.29, 1.82) is 0 Å². The molecule has 0 saturated heterocycles. The van der Waals surface area contributed by atoms with Crippen LogP contribution in [0, 0.1) is 0 Å². The molecular weight excluding hydrogens is 630 g/mol. The van der Waals surface area contributed by atoms with Crippen LogP contribution in [0.5, 0.6) is 0 Å². The Labute approximate surface area is 296 Å². The van der Waals surface area contributed by atoms with Crippen LogP contribution in [0.1, 0.15) is 60.7 Å². The number of unbranched alkanes of at least 4 members (excludes halogenated alkanes) is 1. The molecule has 0 aliphatic carbocycles. The smallest absolute Gasteiger partial charge is 0.254 e. The summed E-state index contributed by atoms with van der Waals surface area (Å²) < 4.78 is 0. The van der Waals surface area contributed by atoms with E-state index >= 15 is 0 Å². The average molecular weight is 686 g/mol. The zero-order valence-corrected chi connectivity index (χ0v) is 29.9. The van der Waals surface area contributed by atoms with E-state index in [0.29, 0.717) is 54.9 Å². The molecule has 4 rings (SSSR count). The van der Waals surface area contributed by atoms with Gasteiger partial charge < -0.3 is 49.5 Å². The van der Waals surface area contributed by atoms with Crippen molar-refractivity contribution in [2.24, 2.45) is 0 Å². The molecule has 50 heavy (non-hydrogen) atoms. The Kier molecular flexibility index (Phi) is 20.4. The third-order valence-corrected chi connectivity index (χ3v) is 6.99. The van der Waals surface area contributed by atoms with Crippen LogP contribution in [0.3, 0.4) is 0 Å². The molecule has 270 valence electrons. The van der Waals surface area contributed by atoms with E-state index in [4.69, 9.17) is 22.9 Å². The molecule has 0 bridgehead atoms. The Bertz CT molecular complexity index is 1520. The highest BCUT2D eigenvalue weighted by molar-refractivity contribution is 6.01. The fraction of sp³-hybridized carbons (Fsp3) is 0.289. The highest BCUT2D eigenvalue weighted by atomic mass is 16.2. The third kappa shape index (κ3) is 15.8. The Morgan fingerprint density at radius 1 is 0.600 bits per heavy atom. The summed E-state index contributed by atoms with van der Waals surface area (Å²) in [6, 6.07) is 28.1. The van der Waals surface area contributed by atoms with Crippen LogP contribution in [0.4, 0.5) is 34.1 Å². The van der Waals surface area contributed by atoms with Gasteiger partial charge in [0, 0.05) is 61.3 Å². The summed E-state index contributed by atoms with van der Waals surface area (Å²) in [4.78, 5) is 37.0. The van der Waals surface area contributed by atoms with Crippen molar-refractivity contribution in [2.75, 3.05) is 60.8 Å². The molecule has 1 unspecified atom stereocenters. The van der Waals surface area contributed by atoms with Gasteiger partial charge in [0.2, 0.25) is 5.91 Å². The van der Waals surface area contributed by atoms with E-state index in [0.717, 1.165) is 22.7 Å². The fourth-order valence-corrected chi connectivity index (χ4v) is 4.28. The first-order valence-electron chi connectivity index (χ1n) is 16.7. The maximum Gasteiger partial charge on any atom is 0.254 e. The number of anilines is 6. The molecule has 0 saturated carbocycles. The predicted octanol–water partition coefficient (Wildman–Crippen LogP) is 5.33. The molecule has 12 nitrogen and oxygen atoms in total. The number of rotatable bonds is 12. The van der Waals surface area contributed by atoms with Gasteiger partial charge in [0.1, 0.15) is 6.04 Å². The first-order chi connectivity index (χ1) is 24.1. The van der Waals surface area contributed by atoms with Gasteiger partial charge in [-0.1, -0.05) is 38.1 Å². The molecule has 4 aromatic carbocycles. The molecule has 0 aromatic heterocycles. The molecular formula is C38H55N9O3. The topological polar surface area (TPSA) is 215 Å². The molecule has 0 heterocycles. The van der Waals surface area contributed by atoms with Gasteiger partial charge in [-0.3, -0.25) is 14.4 Å². The molecule has 3 amide bonds. The van der Waals surface area contributed by atoms with Gasteiger partial charge in [-0.2, -0.15) is 0 Å². The second-order valence-corrected chi connectivity index (χ2v) is 10.6. The van der Waals surface area contributed by atoms with Crippen LogP contribution < -0.4 is 49.5 Å². The lowest BCUT2D eigenvalue weighted by Crippen LogP contribution is -2.46. The summed E-state index contributed by atoms with van der Waals surface area (Å²) in [6.45, 7) is 6.72. The van der Waals surface area contributed by atoms with Crippen LogP contribution >= 0.6 is 0 Å². The summed E-state index contributed by atoms with van der Waals surface area (Å²) in [5.41, 5.74) is 27.9. The van der Waals surface area contributed by atoms with Crippen molar-refractivity contribution < 1.29 is 14.4 Å². The largest absolute Gasteiger partial charge is 0.399 e. The monoisotopic (exact) mass is 685 g/mol. The Balaban J connectivity index is 0.000000502. The lowest BCUT2D eigenvalue weighted by atomic mass is 10.1. The minimum atomic E-state index is -0.683. The first-order valence-corrected chi connectivity index (χ1v) is 16.7. The Morgan fingerprint density at radius 2 is 1.04 bits per heavy atom. The summed E-state index contributed by atoms with van der Waals surface area (Å²) in [5, 5.41) is 14.3. The number of nitrogens with two attached hydrogens (primary N) is 4. The molecule has 12 heteroatoms. The molecule has 13 N–H and O–H groups in total. The third-order valence-electron chi connectivity index (χ3n) is 6.99. The van der Waals surface area contributed by atoms with E-state index in [2.05, 4.69) is 26.6 Å². The average Bonchev–Trinajstić information content (AvgIpc) is 3.13. The lowest BCUT2D eigenvalue weighted by Gasteiger charge is -2.18. The molecule has 0 aliphatic heterocycles. The van der Waals surface area contributed by atoms with Gasteiger partial charge >= 0.3 is 0 Å². The van der Waals surface area contributed by atoms with Crippen molar-refractivity contribution in [2.45, 2.75) is 46.1 Å². The molecule has 0 radical (unpaired) electrons. The summed E-state index contributed by atoms with van der Waals surface area (Å²) in [6.07, 6.45) is 1.72. The van der Waals surface area contributed by atoms with Crippen LogP contribution in [0.15, 0.2) is 97.1 Å². The fourth-order valence-electron chi connectivity index (χ4n) is 4.28. The van der Waals surface area contributed by atoms with Crippen molar-refractivity contribution in [3.63, 3.8) is 0 Å². The molecule has 0 fully saturated rings. The normalized spacial score (nSPS) is 10.2. The van der Waals surface area contributed by atoms with E-state index in [1.54, 1.807) is 48.5 Å². The zero-order valence-electron chi connectivity index (χ0n) is 29.9. The molecule has 1 atom stereocenters. The number of hydrogen-bond acceptors (Lipinski definition) is 9. The minimum absolute atomic E-state index is 0.235. The zero-order chi connectivity index (χ0) is 37.3. The number of nitrogen functional groups attached to an aromatic ring is 4. The van der Waals surface area contributed by atoms with Crippen molar-refractivity contribution in [3.8, 4) is 0 Å². The van der Waals surface area contributed by atoms with Crippen LogP contribution in [0.2, 0.25) is 0 Å². The lowest BCUT2D eigenvalue weighted by molar-refractivity contribution is -0.123. The van der Waals surface area contributed by atoms with Crippen molar-refractivity contribution in [1.82, 2.24) is 16.0 Å². The number of para-hydroxylation sites is 2. The van der Waals surface area contributed by atoms with E-state index in [9.17, 15) is 14.4 Å². The molecule has 0 aliphatic rings. The highest BCUT2D eigenvalue weighted by Gasteiger charge is 2.21. The number of likely N-dealkylation sites (N-methyl/N-ethyl adjacent to an activating group) is 1. The number of carbonyl (C=O) groups excluding carboxylic acids is 3. The van der Waals surface area contributed by atoms with Crippen molar-refractivity contribution >= 4 is 51.8 Å². The Hall–Kier alpha value is -5.91. The first kappa shape index (κ1) is 42.1. The van der Waals surface area contributed by atoms with Crippen molar-refractivity contribution in [3.05, 3.63) is 108 Å². The highest BCUT2D eigenvalue weighted by Crippen LogP contribution is 2.13. The SMILES string of the molecule is CC.CCNC(=O)C(CCCCNC(=O)c1ccccc1N)NC(=O)c1ccccc1N.CNc1ccc(N)cc1.CNc1ccc(N)cc1. The van der Waals surface area contributed by atoms with E-state index in [1.165, 1.54) is 0 Å². The van der Waals surface area contributed by atoms with Gasteiger partial charge in [-0.25, -0.2) is 0 Å². The Morgan fingerprint density at radius 3 is 1.46 bits per heavy atom. The van der Waals surface area contributed by atoms with Gasteiger partial charge in [0.05, 0.1) is 11.1 Å². The number of nitrogens with one attached hydrogen (secondary N) is 5.